The van der Waals surface area contributed by atoms with Gasteiger partial charge in [-0.15, -0.1) is 0 Å². The molecule has 90 valence electrons. The maximum absolute atomic E-state index is 12.0. The van der Waals surface area contributed by atoms with Crippen LogP contribution in [0.5, 0.6) is 0 Å². The van der Waals surface area contributed by atoms with Crippen LogP contribution < -0.4 is 0 Å². The molecule has 1 rings (SSSR count). The Hall–Kier alpha value is -0.400. The zero-order chi connectivity index (χ0) is 12.3. The van der Waals surface area contributed by atoms with E-state index >= 15 is 0 Å². The summed E-state index contributed by atoms with van der Waals surface area (Å²) in [5.41, 5.74) is 0. The van der Waals surface area contributed by atoms with Crippen molar-refractivity contribution >= 4 is 39.3 Å². The molecule has 7 heteroatoms. The predicted molar refractivity (Wildman–Crippen MR) is 67.4 cm³/mol. The molecule has 1 aliphatic heterocycles. The van der Waals surface area contributed by atoms with Crippen molar-refractivity contribution < 1.29 is 17.9 Å². The summed E-state index contributed by atoms with van der Waals surface area (Å²) < 4.78 is 29.0. The average Bonchev–Trinajstić information content (AvgIpc) is 2.70. The summed E-state index contributed by atoms with van der Waals surface area (Å²) in [6, 6.07) is 0. The molecule has 0 spiro atoms. The molecule has 16 heavy (non-hydrogen) atoms. The first kappa shape index (κ1) is 13.7. The van der Waals surface area contributed by atoms with Gasteiger partial charge in [0.25, 0.3) is 0 Å². The highest BCUT2D eigenvalue weighted by atomic mass is 32.2. The van der Waals surface area contributed by atoms with Gasteiger partial charge in [-0.3, -0.25) is 0 Å². The van der Waals surface area contributed by atoms with Crippen LogP contribution in [0.2, 0.25) is 0 Å². The molecule has 0 saturated carbocycles. The van der Waals surface area contributed by atoms with Gasteiger partial charge in [-0.05, 0) is 24.7 Å². The summed E-state index contributed by atoms with van der Waals surface area (Å²) in [4.78, 5) is 11.3. The molecule has 1 heterocycles. The molecule has 0 unspecified atom stereocenters. The fourth-order valence-corrected chi connectivity index (χ4v) is 4.59. The van der Waals surface area contributed by atoms with Gasteiger partial charge in [-0.1, -0.05) is 23.5 Å². The third kappa shape index (κ3) is 2.64. The second-order valence-electron chi connectivity index (χ2n) is 3.21. The van der Waals surface area contributed by atoms with E-state index in [4.69, 9.17) is 0 Å². The Kier molecular flexibility index (Phi) is 4.52. The quantitative estimate of drug-likeness (QED) is 0.583. The van der Waals surface area contributed by atoms with Crippen LogP contribution in [0.3, 0.4) is 0 Å². The summed E-state index contributed by atoms with van der Waals surface area (Å²) in [7, 11) is -2.43. The number of ether oxygens (including phenoxy) is 1. The molecule has 0 saturated heterocycles. The van der Waals surface area contributed by atoms with E-state index in [2.05, 4.69) is 4.74 Å². The first-order valence-electron chi connectivity index (χ1n) is 4.46. The van der Waals surface area contributed by atoms with Crippen LogP contribution in [0.1, 0.15) is 13.8 Å². The van der Waals surface area contributed by atoms with E-state index in [0.717, 1.165) is 0 Å². The lowest BCUT2D eigenvalue weighted by molar-refractivity contribution is -0.135. The minimum absolute atomic E-state index is 0.231. The highest BCUT2D eigenvalue weighted by Gasteiger charge is 2.33. The lowest BCUT2D eigenvalue weighted by Gasteiger charge is -2.11. The van der Waals surface area contributed by atoms with E-state index in [1.165, 1.54) is 44.5 Å². The van der Waals surface area contributed by atoms with Crippen molar-refractivity contribution in [1.82, 2.24) is 0 Å². The molecular weight excluding hydrogens is 268 g/mol. The molecule has 0 amide bonds. The Bertz CT molecular complexity index is 435. The molecule has 0 atom stereocenters. The molecule has 0 aromatic rings. The molecular formula is C9H12O4S3. The molecule has 0 bridgehead atoms. The van der Waals surface area contributed by atoms with Gasteiger partial charge < -0.3 is 4.74 Å². The minimum Gasteiger partial charge on any atom is -0.465 e. The van der Waals surface area contributed by atoms with Crippen molar-refractivity contribution in [3.63, 3.8) is 0 Å². The van der Waals surface area contributed by atoms with E-state index in [-0.39, 0.29) is 4.91 Å². The van der Waals surface area contributed by atoms with E-state index in [9.17, 15) is 13.2 Å². The van der Waals surface area contributed by atoms with Gasteiger partial charge >= 0.3 is 5.97 Å². The highest BCUT2D eigenvalue weighted by molar-refractivity contribution is 8.28. The van der Waals surface area contributed by atoms with Crippen molar-refractivity contribution in [2.45, 2.75) is 19.1 Å². The fraction of sp³-hybridized carbons (Fsp3) is 0.444. The fourth-order valence-electron chi connectivity index (χ4n) is 0.958. The molecule has 0 aliphatic carbocycles. The third-order valence-corrected chi connectivity index (χ3v) is 6.44. The summed E-state index contributed by atoms with van der Waals surface area (Å²) in [5.74, 6) is -0.799. The van der Waals surface area contributed by atoms with E-state index in [1.807, 2.05) is 0 Å². The summed E-state index contributed by atoms with van der Waals surface area (Å²) >= 11 is 2.44. The number of thioether (sulfide) groups is 2. The first-order chi connectivity index (χ1) is 7.41. The van der Waals surface area contributed by atoms with Crippen LogP contribution in [0, 0.1) is 0 Å². The molecule has 0 aromatic heterocycles. The van der Waals surface area contributed by atoms with Crippen molar-refractivity contribution in [2.24, 2.45) is 0 Å². The Morgan fingerprint density at radius 1 is 1.31 bits per heavy atom. The van der Waals surface area contributed by atoms with Crippen LogP contribution in [-0.4, -0.2) is 26.7 Å². The van der Waals surface area contributed by atoms with Crippen molar-refractivity contribution in [3.05, 3.63) is 20.0 Å². The zero-order valence-electron chi connectivity index (χ0n) is 9.09. The molecule has 0 radical (unpaired) electrons. The van der Waals surface area contributed by atoms with Gasteiger partial charge in [-0.2, -0.15) is 0 Å². The minimum atomic E-state index is -3.61. The smallest absolute Gasteiger partial charge is 0.351 e. The van der Waals surface area contributed by atoms with Crippen molar-refractivity contribution in [3.8, 4) is 0 Å². The van der Waals surface area contributed by atoms with Crippen molar-refractivity contribution in [2.75, 3.05) is 7.11 Å². The van der Waals surface area contributed by atoms with E-state index < -0.39 is 21.1 Å². The number of rotatable bonds is 3. The van der Waals surface area contributed by atoms with Crippen LogP contribution in [0.25, 0.3) is 0 Å². The predicted octanol–water partition coefficient (Wildman–Crippen LogP) is 2.10. The number of sulfone groups is 1. The lowest BCUT2D eigenvalue weighted by Crippen LogP contribution is -2.23. The van der Waals surface area contributed by atoms with Crippen molar-refractivity contribution in [1.29, 1.82) is 0 Å². The maximum atomic E-state index is 12.0. The summed E-state index contributed by atoms with van der Waals surface area (Å²) in [6.07, 6.45) is 0. The number of hydrogen-bond acceptors (Lipinski definition) is 6. The van der Waals surface area contributed by atoms with Gasteiger partial charge in [0.15, 0.2) is 14.7 Å². The third-order valence-electron chi connectivity index (χ3n) is 1.87. The van der Waals surface area contributed by atoms with Gasteiger partial charge in [-0.25, -0.2) is 13.2 Å². The SMILES string of the molecule is COC(=O)C(=C1SC=CS1)S(=O)(=O)C(C)C. The zero-order valence-corrected chi connectivity index (χ0v) is 11.5. The van der Waals surface area contributed by atoms with Gasteiger partial charge in [0.2, 0.25) is 0 Å². The first-order valence-corrected chi connectivity index (χ1v) is 7.76. The van der Waals surface area contributed by atoms with Gasteiger partial charge in [0, 0.05) is 0 Å². The van der Waals surface area contributed by atoms with Gasteiger partial charge in [0.05, 0.1) is 16.6 Å². The normalized spacial score (nSPS) is 15.6. The Labute approximate surface area is 103 Å². The van der Waals surface area contributed by atoms with Crippen LogP contribution in [0.4, 0.5) is 0 Å². The largest absolute Gasteiger partial charge is 0.465 e. The Morgan fingerprint density at radius 3 is 2.19 bits per heavy atom. The molecule has 0 N–H and O–H groups in total. The summed E-state index contributed by atoms with van der Waals surface area (Å²) in [6.45, 7) is 3.08. The maximum Gasteiger partial charge on any atom is 0.351 e. The van der Waals surface area contributed by atoms with Crippen LogP contribution >= 0.6 is 23.5 Å². The van der Waals surface area contributed by atoms with E-state index in [1.54, 1.807) is 10.8 Å². The number of carbonyl (C=O) groups is 1. The summed E-state index contributed by atoms with van der Waals surface area (Å²) in [5, 5.41) is 2.83. The number of carbonyl (C=O) groups excluding carboxylic acids is 1. The Morgan fingerprint density at radius 2 is 1.81 bits per heavy atom. The second kappa shape index (κ2) is 5.29. The van der Waals surface area contributed by atoms with E-state index in [0.29, 0.717) is 4.24 Å². The Balaban J connectivity index is 3.28. The molecule has 0 fully saturated rings. The molecule has 1 aliphatic rings. The lowest BCUT2D eigenvalue weighted by atomic mass is 10.6. The number of hydrogen-bond donors (Lipinski definition) is 0. The molecule has 4 nitrogen and oxygen atoms in total. The van der Waals surface area contributed by atoms with Crippen LogP contribution in [-0.2, 0) is 19.4 Å². The topological polar surface area (TPSA) is 60.4 Å². The monoisotopic (exact) mass is 280 g/mol. The highest BCUT2D eigenvalue weighted by Crippen LogP contribution is 2.42. The van der Waals surface area contributed by atoms with Crippen LogP contribution in [0.15, 0.2) is 20.0 Å². The molecule has 0 aromatic carbocycles. The van der Waals surface area contributed by atoms with Gasteiger partial charge in [0.1, 0.15) is 0 Å². The standard InChI is InChI=1S/C9H12O4S3/c1-6(2)16(11,12)7(8(10)13-3)9-14-4-5-15-9/h4-6H,1-3H3. The number of methoxy groups -OCH3 is 1. The number of esters is 1. The second-order valence-corrected chi connectivity index (χ2v) is 7.74. The average molecular weight is 280 g/mol.